The number of anilines is 2. The summed E-state index contributed by atoms with van der Waals surface area (Å²) in [7, 11) is 0. The van der Waals surface area contributed by atoms with Gasteiger partial charge in [0.15, 0.2) is 6.29 Å². The van der Waals surface area contributed by atoms with Crippen molar-refractivity contribution in [3.63, 3.8) is 0 Å². The van der Waals surface area contributed by atoms with Crippen LogP contribution in [0.3, 0.4) is 0 Å². The van der Waals surface area contributed by atoms with Crippen LogP contribution in [0.5, 0.6) is 0 Å². The Morgan fingerprint density at radius 1 is 0.818 bits per heavy atom. The van der Waals surface area contributed by atoms with Gasteiger partial charge in [-0.3, -0.25) is 9.59 Å². The summed E-state index contributed by atoms with van der Waals surface area (Å²) in [5, 5.41) is 6.11. The standard InChI is InChI=1S/C18H12N2O2/c21-10-11-9-16(19-14-7-3-1-5-12(11)14)17-13-6-2-4-8-15(13)20-18(17)22/h1-10,19H,(H,20,22)/b17-16-. The van der Waals surface area contributed by atoms with E-state index in [0.717, 1.165) is 28.8 Å². The minimum Gasteiger partial charge on any atom is -0.354 e. The van der Waals surface area contributed by atoms with Gasteiger partial charge in [-0.2, -0.15) is 0 Å². The highest BCUT2D eigenvalue weighted by molar-refractivity contribution is 6.33. The Morgan fingerprint density at radius 2 is 1.45 bits per heavy atom. The number of nitrogens with one attached hydrogen (secondary N) is 2. The van der Waals surface area contributed by atoms with Gasteiger partial charge in [0.25, 0.3) is 5.91 Å². The van der Waals surface area contributed by atoms with Crippen LogP contribution >= 0.6 is 0 Å². The molecule has 106 valence electrons. The molecule has 0 aromatic heterocycles. The normalized spacial score (nSPS) is 18.7. The minimum atomic E-state index is -0.162. The molecule has 22 heavy (non-hydrogen) atoms. The smallest absolute Gasteiger partial charge is 0.258 e. The summed E-state index contributed by atoms with van der Waals surface area (Å²) in [4.78, 5) is 23.7. The largest absolute Gasteiger partial charge is 0.354 e. The van der Waals surface area contributed by atoms with E-state index in [-0.39, 0.29) is 5.91 Å². The fourth-order valence-corrected chi connectivity index (χ4v) is 2.88. The average Bonchev–Trinajstić information content (AvgIpc) is 2.89. The van der Waals surface area contributed by atoms with Crippen molar-refractivity contribution in [3.8, 4) is 0 Å². The summed E-state index contributed by atoms with van der Waals surface area (Å²) < 4.78 is 0. The Hall–Kier alpha value is -3.14. The maximum atomic E-state index is 12.3. The molecule has 4 rings (SSSR count). The molecule has 2 aromatic rings. The molecule has 0 fully saturated rings. The van der Waals surface area contributed by atoms with Crippen LogP contribution in [0.2, 0.25) is 0 Å². The summed E-state index contributed by atoms with van der Waals surface area (Å²) in [6.45, 7) is 0. The molecule has 0 unspecified atom stereocenters. The molecule has 0 bridgehead atoms. The number of amides is 1. The number of aldehydes is 1. The summed E-state index contributed by atoms with van der Waals surface area (Å²) in [6.07, 6.45) is 2.55. The van der Waals surface area contributed by atoms with Gasteiger partial charge >= 0.3 is 0 Å². The number of allylic oxidation sites excluding steroid dienone is 2. The zero-order chi connectivity index (χ0) is 15.1. The molecule has 0 spiro atoms. The monoisotopic (exact) mass is 288 g/mol. The Kier molecular flexibility index (Phi) is 2.69. The Bertz CT molecular complexity index is 878. The lowest BCUT2D eigenvalue weighted by atomic mass is 9.96. The highest BCUT2D eigenvalue weighted by Gasteiger charge is 2.28. The topological polar surface area (TPSA) is 58.2 Å². The van der Waals surface area contributed by atoms with Gasteiger partial charge in [0.2, 0.25) is 0 Å². The van der Waals surface area contributed by atoms with Gasteiger partial charge in [-0.15, -0.1) is 0 Å². The number of rotatable bonds is 1. The van der Waals surface area contributed by atoms with E-state index in [9.17, 15) is 9.59 Å². The third kappa shape index (κ3) is 1.78. The van der Waals surface area contributed by atoms with E-state index >= 15 is 0 Å². The fourth-order valence-electron chi connectivity index (χ4n) is 2.88. The van der Waals surface area contributed by atoms with E-state index < -0.39 is 0 Å². The van der Waals surface area contributed by atoms with E-state index in [1.165, 1.54) is 0 Å². The van der Waals surface area contributed by atoms with Crippen LogP contribution in [0.4, 0.5) is 11.4 Å². The number of hydrogen-bond acceptors (Lipinski definition) is 3. The van der Waals surface area contributed by atoms with Crippen molar-refractivity contribution in [2.24, 2.45) is 0 Å². The van der Waals surface area contributed by atoms with Crippen LogP contribution in [0.25, 0.3) is 11.1 Å². The molecule has 2 aliphatic rings. The Labute approximate surface area is 127 Å². The first-order valence-corrected chi connectivity index (χ1v) is 6.96. The van der Waals surface area contributed by atoms with Crippen LogP contribution in [-0.2, 0) is 9.59 Å². The molecule has 2 aliphatic heterocycles. The molecule has 0 atom stereocenters. The van der Waals surface area contributed by atoms with Gasteiger partial charge in [0, 0.05) is 28.1 Å². The molecule has 2 heterocycles. The van der Waals surface area contributed by atoms with E-state index in [1.54, 1.807) is 6.08 Å². The molecule has 0 radical (unpaired) electrons. The predicted octanol–water partition coefficient (Wildman–Crippen LogP) is 3.06. The number of hydrogen-bond donors (Lipinski definition) is 2. The number of carbonyl (C=O) groups is 2. The van der Waals surface area contributed by atoms with Gasteiger partial charge < -0.3 is 10.6 Å². The quantitative estimate of drug-likeness (QED) is 0.626. The zero-order valence-corrected chi connectivity index (χ0v) is 11.6. The van der Waals surface area contributed by atoms with E-state index in [4.69, 9.17) is 0 Å². The van der Waals surface area contributed by atoms with Gasteiger partial charge in [-0.25, -0.2) is 0 Å². The van der Waals surface area contributed by atoms with E-state index in [2.05, 4.69) is 10.6 Å². The minimum absolute atomic E-state index is 0.162. The second-order valence-electron chi connectivity index (χ2n) is 5.18. The van der Waals surface area contributed by atoms with Crippen LogP contribution in [0.1, 0.15) is 11.1 Å². The molecular formula is C18H12N2O2. The summed E-state index contributed by atoms with van der Waals surface area (Å²) in [5.74, 6) is -0.162. The van der Waals surface area contributed by atoms with Crippen LogP contribution in [-0.4, -0.2) is 12.2 Å². The molecule has 2 N–H and O–H groups in total. The number of para-hydroxylation sites is 2. The van der Waals surface area contributed by atoms with Gasteiger partial charge in [-0.1, -0.05) is 36.4 Å². The third-order valence-electron chi connectivity index (χ3n) is 3.88. The second kappa shape index (κ2) is 4.70. The van der Waals surface area contributed by atoms with Gasteiger partial charge in [-0.05, 0) is 18.2 Å². The SMILES string of the molecule is O=CC1=C/C(=C2/C(=O)Nc3ccccc32)Nc2ccccc21. The van der Waals surface area contributed by atoms with Crippen molar-refractivity contribution in [2.45, 2.75) is 0 Å². The molecule has 0 saturated heterocycles. The molecule has 1 amide bonds. The predicted molar refractivity (Wildman–Crippen MR) is 86.1 cm³/mol. The zero-order valence-electron chi connectivity index (χ0n) is 11.6. The number of benzene rings is 2. The van der Waals surface area contributed by atoms with Crippen LogP contribution in [0, 0.1) is 0 Å². The first-order valence-electron chi connectivity index (χ1n) is 6.96. The third-order valence-corrected chi connectivity index (χ3v) is 3.88. The number of carbonyl (C=O) groups excluding carboxylic acids is 2. The molecule has 4 nitrogen and oxygen atoms in total. The Morgan fingerprint density at radius 3 is 2.18 bits per heavy atom. The highest BCUT2D eigenvalue weighted by Crippen LogP contribution is 2.38. The lowest BCUT2D eigenvalue weighted by molar-refractivity contribution is -0.110. The van der Waals surface area contributed by atoms with Crippen molar-refractivity contribution >= 4 is 34.7 Å². The fraction of sp³-hybridized carbons (Fsp3) is 0. The van der Waals surface area contributed by atoms with Gasteiger partial charge in [0.1, 0.15) is 0 Å². The summed E-state index contributed by atoms with van der Waals surface area (Å²) in [6, 6.07) is 15.1. The Balaban J connectivity index is 1.95. The van der Waals surface area contributed by atoms with E-state index in [0.29, 0.717) is 16.8 Å². The van der Waals surface area contributed by atoms with E-state index in [1.807, 2.05) is 48.5 Å². The van der Waals surface area contributed by atoms with Crippen molar-refractivity contribution in [3.05, 3.63) is 71.4 Å². The van der Waals surface area contributed by atoms with Gasteiger partial charge in [0.05, 0.1) is 11.3 Å². The summed E-state index contributed by atoms with van der Waals surface area (Å²) >= 11 is 0. The maximum Gasteiger partial charge on any atom is 0.258 e. The first kappa shape index (κ1) is 12.6. The molecule has 0 saturated carbocycles. The van der Waals surface area contributed by atoms with Crippen LogP contribution < -0.4 is 10.6 Å². The maximum absolute atomic E-state index is 12.3. The molecular weight excluding hydrogens is 276 g/mol. The summed E-state index contributed by atoms with van der Waals surface area (Å²) in [5.41, 5.74) is 5.06. The van der Waals surface area contributed by atoms with Crippen LogP contribution in [0.15, 0.2) is 60.3 Å². The van der Waals surface area contributed by atoms with Crippen molar-refractivity contribution < 1.29 is 9.59 Å². The highest BCUT2D eigenvalue weighted by atomic mass is 16.2. The van der Waals surface area contributed by atoms with Crippen molar-refractivity contribution in [1.29, 1.82) is 0 Å². The molecule has 2 aromatic carbocycles. The molecule has 4 heteroatoms. The lowest BCUT2D eigenvalue weighted by Crippen LogP contribution is -2.13. The lowest BCUT2D eigenvalue weighted by Gasteiger charge is -2.20. The van der Waals surface area contributed by atoms with Crippen molar-refractivity contribution in [2.75, 3.05) is 10.6 Å². The van der Waals surface area contributed by atoms with Crippen molar-refractivity contribution in [1.82, 2.24) is 0 Å². The number of fused-ring (bicyclic) bond motifs is 2. The first-order chi connectivity index (χ1) is 10.8. The second-order valence-corrected chi connectivity index (χ2v) is 5.18. The molecule has 0 aliphatic carbocycles. The average molecular weight is 288 g/mol.